The third-order valence-corrected chi connectivity index (χ3v) is 4.52. The van der Waals surface area contributed by atoms with Crippen molar-refractivity contribution in [3.8, 4) is 0 Å². The Bertz CT molecular complexity index is 614. The first kappa shape index (κ1) is 13.6. The molecule has 108 valence electrons. The number of aryl methyl sites for hydroxylation is 1. The molecule has 1 atom stereocenters. The van der Waals surface area contributed by atoms with Gasteiger partial charge in [-0.2, -0.15) is 0 Å². The van der Waals surface area contributed by atoms with Crippen molar-refractivity contribution in [2.24, 2.45) is 11.1 Å². The van der Waals surface area contributed by atoms with Crippen LogP contribution in [0.4, 0.5) is 0 Å². The van der Waals surface area contributed by atoms with Crippen LogP contribution in [0.1, 0.15) is 31.5 Å². The van der Waals surface area contributed by atoms with Crippen LogP contribution in [-0.4, -0.2) is 33.4 Å². The number of nitrogens with zero attached hydrogens (tertiary/aromatic N) is 3. The molecule has 0 amide bonds. The number of imidazole rings is 1. The second-order valence-corrected chi connectivity index (χ2v) is 6.78. The van der Waals surface area contributed by atoms with Gasteiger partial charge in [-0.3, -0.25) is 4.90 Å². The maximum absolute atomic E-state index is 6.21. The minimum Gasteiger partial charge on any atom is -0.327 e. The Kier molecular flexibility index (Phi) is 3.30. The number of hydrogen-bond donors (Lipinski definition) is 1. The molecule has 2 N–H and O–H groups in total. The van der Waals surface area contributed by atoms with E-state index >= 15 is 0 Å². The van der Waals surface area contributed by atoms with Gasteiger partial charge in [0, 0.05) is 31.9 Å². The standard InChI is InChI=1S/C16H24N4/c1-12-4-7-20-13(9-18-15(20)8-12)10-19-6-5-14(17)16(2,3)11-19/h4,7-9,14H,5-6,10-11,17H2,1-3H3. The number of piperidine rings is 1. The van der Waals surface area contributed by atoms with Gasteiger partial charge in [0.05, 0.1) is 11.9 Å². The smallest absolute Gasteiger partial charge is 0.137 e. The molecular formula is C16H24N4. The summed E-state index contributed by atoms with van der Waals surface area (Å²) >= 11 is 0. The highest BCUT2D eigenvalue weighted by molar-refractivity contribution is 5.42. The Labute approximate surface area is 120 Å². The molecule has 20 heavy (non-hydrogen) atoms. The van der Waals surface area contributed by atoms with Crippen LogP contribution >= 0.6 is 0 Å². The zero-order chi connectivity index (χ0) is 14.3. The number of nitrogens with two attached hydrogens (primary N) is 1. The molecule has 0 aliphatic carbocycles. The van der Waals surface area contributed by atoms with Gasteiger partial charge in [0.25, 0.3) is 0 Å². The quantitative estimate of drug-likeness (QED) is 0.911. The van der Waals surface area contributed by atoms with Gasteiger partial charge in [-0.1, -0.05) is 13.8 Å². The number of rotatable bonds is 2. The van der Waals surface area contributed by atoms with Crippen LogP contribution < -0.4 is 5.73 Å². The van der Waals surface area contributed by atoms with Crippen LogP contribution in [0, 0.1) is 12.3 Å². The molecular weight excluding hydrogens is 248 g/mol. The van der Waals surface area contributed by atoms with Gasteiger partial charge in [0.2, 0.25) is 0 Å². The molecule has 0 aromatic carbocycles. The normalized spacial score (nSPS) is 23.3. The first-order valence-electron chi connectivity index (χ1n) is 7.36. The molecule has 2 aromatic heterocycles. The van der Waals surface area contributed by atoms with Gasteiger partial charge < -0.3 is 10.1 Å². The number of pyridine rings is 1. The van der Waals surface area contributed by atoms with Crippen molar-refractivity contribution >= 4 is 5.65 Å². The van der Waals surface area contributed by atoms with Crippen molar-refractivity contribution in [1.82, 2.24) is 14.3 Å². The van der Waals surface area contributed by atoms with Gasteiger partial charge in [-0.25, -0.2) is 4.98 Å². The molecule has 0 saturated carbocycles. The Balaban J connectivity index is 1.80. The van der Waals surface area contributed by atoms with E-state index in [2.05, 4.69) is 53.4 Å². The molecule has 2 aromatic rings. The fraction of sp³-hybridized carbons (Fsp3) is 0.562. The summed E-state index contributed by atoms with van der Waals surface area (Å²) in [5.41, 5.74) is 9.94. The summed E-state index contributed by atoms with van der Waals surface area (Å²) in [6.07, 6.45) is 5.19. The monoisotopic (exact) mass is 272 g/mol. The molecule has 1 saturated heterocycles. The summed E-state index contributed by atoms with van der Waals surface area (Å²) in [6, 6.07) is 4.57. The first-order chi connectivity index (χ1) is 9.45. The van der Waals surface area contributed by atoms with Crippen molar-refractivity contribution in [2.45, 2.75) is 39.8 Å². The first-order valence-corrected chi connectivity index (χ1v) is 7.36. The van der Waals surface area contributed by atoms with Crippen molar-refractivity contribution in [1.29, 1.82) is 0 Å². The van der Waals surface area contributed by atoms with E-state index < -0.39 is 0 Å². The Hall–Kier alpha value is -1.39. The summed E-state index contributed by atoms with van der Waals surface area (Å²) in [5.74, 6) is 0. The minimum atomic E-state index is 0.190. The maximum atomic E-state index is 6.21. The van der Waals surface area contributed by atoms with E-state index in [-0.39, 0.29) is 5.41 Å². The topological polar surface area (TPSA) is 46.6 Å². The van der Waals surface area contributed by atoms with Crippen LogP contribution in [0.2, 0.25) is 0 Å². The number of likely N-dealkylation sites (tertiary alicyclic amines) is 1. The van der Waals surface area contributed by atoms with E-state index in [0.717, 1.165) is 31.7 Å². The lowest BCUT2D eigenvalue weighted by atomic mass is 9.80. The van der Waals surface area contributed by atoms with Gasteiger partial charge in [0.1, 0.15) is 5.65 Å². The third kappa shape index (κ3) is 2.45. The fourth-order valence-corrected chi connectivity index (χ4v) is 3.10. The molecule has 3 heterocycles. The van der Waals surface area contributed by atoms with Crippen molar-refractivity contribution in [3.63, 3.8) is 0 Å². The molecule has 1 unspecified atom stereocenters. The van der Waals surface area contributed by atoms with E-state index in [1.165, 1.54) is 11.3 Å². The Morgan fingerprint density at radius 2 is 2.25 bits per heavy atom. The van der Waals surface area contributed by atoms with Crippen molar-refractivity contribution in [3.05, 3.63) is 35.8 Å². The van der Waals surface area contributed by atoms with Gasteiger partial charge in [0.15, 0.2) is 0 Å². The molecule has 0 spiro atoms. The molecule has 1 aliphatic rings. The molecule has 3 rings (SSSR count). The maximum Gasteiger partial charge on any atom is 0.137 e. The van der Waals surface area contributed by atoms with E-state index in [1.54, 1.807) is 0 Å². The van der Waals surface area contributed by atoms with Crippen molar-refractivity contribution < 1.29 is 0 Å². The third-order valence-electron chi connectivity index (χ3n) is 4.52. The zero-order valence-electron chi connectivity index (χ0n) is 12.6. The summed E-state index contributed by atoms with van der Waals surface area (Å²) < 4.78 is 2.19. The van der Waals surface area contributed by atoms with Crippen LogP contribution in [0.25, 0.3) is 5.65 Å². The van der Waals surface area contributed by atoms with Crippen molar-refractivity contribution in [2.75, 3.05) is 13.1 Å². The summed E-state index contributed by atoms with van der Waals surface area (Å²) in [7, 11) is 0. The number of fused-ring (bicyclic) bond motifs is 1. The van der Waals surface area contributed by atoms with E-state index in [4.69, 9.17) is 5.73 Å². The lowest BCUT2D eigenvalue weighted by Crippen LogP contribution is -2.52. The number of hydrogen-bond acceptors (Lipinski definition) is 3. The lowest BCUT2D eigenvalue weighted by Gasteiger charge is -2.42. The van der Waals surface area contributed by atoms with E-state index in [0.29, 0.717) is 6.04 Å². The highest BCUT2D eigenvalue weighted by atomic mass is 15.2. The summed E-state index contributed by atoms with van der Waals surface area (Å²) in [5, 5.41) is 0. The predicted octanol–water partition coefficient (Wildman–Crippen LogP) is 2.20. The van der Waals surface area contributed by atoms with E-state index in [9.17, 15) is 0 Å². The molecule has 1 fully saturated rings. The molecule has 4 nitrogen and oxygen atoms in total. The average molecular weight is 272 g/mol. The van der Waals surface area contributed by atoms with Gasteiger partial charge >= 0.3 is 0 Å². The summed E-state index contributed by atoms with van der Waals surface area (Å²) in [4.78, 5) is 7.00. The number of aromatic nitrogens is 2. The SMILES string of the molecule is Cc1ccn2c(CN3CCC(N)C(C)(C)C3)cnc2c1. The lowest BCUT2D eigenvalue weighted by molar-refractivity contribution is 0.0887. The largest absolute Gasteiger partial charge is 0.327 e. The molecule has 1 aliphatic heterocycles. The van der Waals surface area contributed by atoms with Crippen LogP contribution in [0.5, 0.6) is 0 Å². The highest BCUT2D eigenvalue weighted by Crippen LogP contribution is 2.28. The van der Waals surface area contributed by atoms with Crippen LogP contribution in [-0.2, 0) is 6.54 Å². The Morgan fingerprint density at radius 1 is 1.45 bits per heavy atom. The van der Waals surface area contributed by atoms with Gasteiger partial charge in [-0.15, -0.1) is 0 Å². The highest BCUT2D eigenvalue weighted by Gasteiger charge is 2.33. The second kappa shape index (κ2) is 4.86. The summed E-state index contributed by atoms with van der Waals surface area (Å²) in [6.45, 7) is 9.70. The zero-order valence-corrected chi connectivity index (χ0v) is 12.6. The average Bonchev–Trinajstić information content (AvgIpc) is 2.76. The van der Waals surface area contributed by atoms with Crippen LogP contribution in [0.15, 0.2) is 24.5 Å². The minimum absolute atomic E-state index is 0.190. The second-order valence-electron chi connectivity index (χ2n) is 6.78. The molecule has 0 radical (unpaired) electrons. The molecule has 4 heteroatoms. The van der Waals surface area contributed by atoms with Gasteiger partial charge in [-0.05, 0) is 36.5 Å². The molecule has 0 bridgehead atoms. The Morgan fingerprint density at radius 3 is 3.00 bits per heavy atom. The van der Waals surface area contributed by atoms with E-state index in [1.807, 2.05) is 6.20 Å². The van der Waals surface area contributed by atoms with Crippen LogP contribution in [0.3, 0.4) is 0 Å². The predicted molar refractivity (Wildman–Crippen MR) is 81.6 cm³/mol. The fourth-order valence-electron chi connectivity index (χ4n) is 3.10.